The minimum absolute atomic E-state index is 0.299. The van der Waals surface area contributed by atoms with Gasteiger partial charge in [-0.1, -0.05) is 34.1 Å². The molecule has 0 spiro atoms. The van der Waals surface area contributed by atoms with Gasteiger partial charge in [-0.15, -0.1) is 0 Å². The highest BCUT2D eigenvalue weighted by molar-refractivity contribution is 9.10. The first kappa shape index (κ1) is 13.1. The molecule has 0 heterocycles. The van der Waals surface area contributed by atoms with Gasteiger partial charge < -0.3 is 5.11 Å². The van der Waals surface area contributed by atoms with Crippen molar-refractivity contribution in [3.63, 3.8) is 0 Å². The van der Waals surface area contributed by atoms with Crippen LogP contribution >= 0.6 is 15.9 Å². The summed E-state index contributed by atoms with van der Waals surface area (Å²) in [6, 6.07) is 8.34. The highest BCUT2D eigenvalue weighted by Gasteiger charge is 2.20. The zero-order valence-corrected chi connectivity index (χ0v) is 10.6. The maximum atomic E-state index is 13.5. The molecule has 0 aliphatic heterocycles. The molecule has 1 N–H and O–H groups in total. The maximum Gasteiger partial charge on any atom is 0.194 e. The van der Waals surface area contributed by atoms with Crippen LogP contribution in [0.4, 0.5) is 13.2 Å². The average molecular weight is 317 g/mol. The maximum absolute atomic E-state index is 13.5. The van der Waals surface area contributed by atoms with Crippen LogP contribution in [0.1, 0.15) is 17.2 Å². The number of rotatable bonds is 2. The van der Waals surface area contributed by atoms with E-state index in [9.17, 15) is 18.3 Å². The summed E-state index contributed by atoms with van der Waals surface area (Å²) < 4.78 is 40.1. The lowest BCUT2D eigenvalue weighted by Crippen LogP contribution is -2.05. The van der Waals surface area contributed by atoms with Crippen molar-refractivity contribution < 1.29 is 18.3 Å². The molecular weight excluding hydrogens is 309 g/mol. The van der Waals surface area contributed by atoms with Gasteiger partial charge in [0.15, 0.2) is 17.5 Å². The van der Waals surface area contributed by atoms with E-state index in [2.05, 4.69) is 15.9 Å². The molecule has 94 valence electrons. The van der Waals surface area contributed by atoms with Crippen molar-refractivity contribution in [3.8, 4) is 0 Å². The molecule has 0 bridgehead atoms. The molecule has 1 nitrogen and oxygen atoms in total. The second-order valence-electron chi connectivity index (χ2n) is 3.72. The van der Waals surface area contributed by atoms with Crippen LogP contribution in [-0.4, -0.2) is 5.11 Å². The molecule has 2 aromatic rings. The smallest absolute Gasteiger partial charge is 0.194 e. The molecule has 0 amide bonds. The second kappa shape index (κ2) is 5.12. The van der Waals surface area contributed by atoms with E-state index in [1.165, 1.54) is 0 Å². The van der Waals surface area contributed by atoms with Crippen LogP contribution in [0.15, 0.2) is 40.9 Å². The zero-order valence-electron chi connectivity index (χ0n) is 9.00. The number of benzene rings is 2. The standard InChI is InChI=1S/C13H8BrF3O/c14-8-3-1-2-7(6-8)13(18)9-4-5-10(15)12(17)11(9)16/h1-6,13,18H. The predicted molar refractivity (Wildman–Crippen MR) is 64.5 cm³/mol. The molecule has 5 heteroatoms. The van der Waals surface area contributed by atoms with E-state index in [0.29, 0.717) is 10.0 Å². The Hall–Kier alpha value is -1.33. The molecule has 1 unspecified atom stereocenters. The number of aliphatic hydroxyl groups excluding tert-OH is 1. The highest BCUT2D eigenvalue weighted by atomic mass is 79.9. The van der Waals surface area contributed by atoms with Gasteiger partial charge in [-0.05, 0) is 23.8 Å². The minimum Gasteiger partial charge on any atom is -0.384 e. The van der Waals surface area contributed by atoms with Gasteiger partial charge >= 0.3 is 0 Å². The molecule has 0 fully saturated rings. The normalized spacial score (nSPS) is 12.5. The number of hydrogen-bond donors (Lipinski definition) is 1. The van der Waals surface area contributed by atoms with Gasteiger partial charge in [0.05, 0.1) is 0 Å². The molecule has 2 aromatic carbocycles. The molecule has 0 aliphatic carbocycles. The SMILES string of the molecule is OC(c1cccc(Br)c1)c1ccc(F)c(F)c1F. The van der Waals surface area contributed by atoms with Crippen LogP contribution in [0.2, 0.25) is 0 Å². The first-order valence-corrected chi connectivity index (χ1v) is 5.87. The zero-order chi connectivity index (χ0) is 13.3. The Kier molecular flexibility index (Phi) is 3.73. The number of hydrogen-bond acceptors (Lipinski definition) is 1. The van der Waals surface area contributed by atoms with Crippen molar-refractivity contribution in [2.45, 2.75) is 6.10 Å². The van der Waals surface area contributed by atoms with Crippen LogP contribution in [-0.2, 0) is 0 Å². The molecule has 0 saturated heterocycles. The number of halogens is 4. The average Bonchev–Trinajstić information content (AvgIpc) is 2.35. The lowest BCUT2D eigenvalue weighted by Gasteiger charge is -2.13. The topological polar surface area (TPSA) is 20.2 Å². The van der Waals surface area contributed by atoms with Crippen LogP contribution in [0.25, 0.3) is 0 Å². The van der Waals surface area contributed by atoms with Gasteiger partial charge in [0.1, 0.15) is 6.10 Å². The second-order valence-corrected chi connectivity index (χ2v) is 4.64. The van der Waals surface area contributed by atoms with Gasteiger partial charge in [-0.3, -0.25) is 0 Å². The Balaban J connectivity index is 2.46. The Bertz CT molecular complexity index is 586. The monoisotopic (exact) mass is 316 g/mol. The molecule has 18 heavy (non-hydrogen) atoms. The van der Waals surface area contributed by atoms with E-state index in [4.69, 9.17) is 0 Å². The summed E-state index contributed by atoms with van der Waals surface area (Å²) in [7, 11) is 0. The molecule has 0 aromatic heterocycles. The summed E-state index contributed by atoms with van der Waals surface area (Å²) >= 11 is 3.21. The summed E-state index contributed by atoms with van der Waals surface area (Å²) in [5.74, 6) is -4.23. The Labute approximate surface area is 110 Å². The largest absolute Gasteiger partial charge is 0.384 e. The lowest BCUT2D eigenvalue weighted by molar-refractivity contribution is 0.212. The van der Waals surface area contributed by atoms with E-state index in [1.54, 1.807) is 24.3 Å². The Morgan fingerprint density at radius 1 is 1.00 bits per heavy atom. The quantitative estimate of drug-likeness (QED) is 0.832. The third-order valence-corrected chi connectivity index (χ3v) is 3.02. The first-order valence-electron chi connectivity index (χ1n) is 5.07. The van der Waals surface area contributed by atoms with E-state index in [1.807, 2.05) is 0 Å². The van der Waals surface area contributed by atoms with Crippen molar-refractivity contribution in [2.75, 3.05) is 0 Å². The fourth-order valence-electron chi connectivity index (χ4n) is 1.61. The first-order chi connectivity index (χ1) is 8.50. The Morgan fingerprint density at radius 3 is 2.39 bits per heavy atom. The van der Waals surface area contributed by atoms with E-state index >= 15 is 0 Å². The van der Waals surface area contributed by atoms with Gasteiger partial charge in [0, 0.05) is 10.0 Å². The van der Waals surface area contributed by atoms with Gasteiger partial charge in [-0.25, -0.2) is 13.2 Å². The third kappa shape index (κ3) is 2.42. The summed E-state index contributed by atoms with van der Waals surface area (Å²) in [5.41, 5.74) is 0.0845. The van der Waals surface area contributed by atoms with Crippen molar-refractivity contribution >= 4 is 15.9 Å². The number of aliphatic hydroxyl groups is 1. The Morgan fingerprint density at radius 2 is 1.72 bits per heavy atom. The molecule has 0 aliphatic rings. The van der Waals surface area contributed by atoms with Gasteiger partial charge in [-0.2, -0.15) is 0 Å². The van der Waals surface area contributed by atoms with Crippen LogP contribution in [0.5, 0.6) is 0 Å². The van der Waals surface area contributed by atoms with Gasteiger partial charge in [0.2, 0.25) is 0 Å². The predicted octanol–water partition coefficient (Wildman–Crippen LogP) is 3.95. The summed E-state index contributed by atoms with van der Waals surface area (Å²) in [4.78, 5) is 0. The molecule has 0 saturated carbocycles. The summed E-state index contributed by atoms with van der Waals surface area (Å²) in [6.07, 6.45) is -1.35. The highest BCUT2D eigenvalue weighted by Crippen LogP contribution is 2.28. The third-order valence-electron chi connectivity index (χ3n) is 2.52. The summed E-state index contributed by atoms with van der Waals surface area (Å²) in [5, 5.41) is 9.96. The van der Waals surface area contributed by atoms with Crippen molar-refractivity contribution in [1.29, 1.82) is 0 Å². The minimum atomic E-state index is -1.58. The van der Waals surface area contributed by atoms with E-state index in [0.717, 1.165) is 12.1 Å². The molecular formula is C13H8BrF3O. The fraction of sp³-hybridized carbons (Fsp3) is 0.0769. The van der Waals surface area contributed by atoms with E-state index in [-0.39, 0.29) is 5.56 Å². The van der Waals surface area contributed by atoms with E-state index < -0.39 is 23.6 Å². The summed E-state index contributed by atoms with van der Waals surface area (Å²) in [6.45, 7) is 0. The van der Waals surface area contributed by atoms with Crippen LogP contribution < -0.4 is 0 Å². The fourth-order valence-corrected chi connectivity index (χ4v) is 2.03. The van der Waals surface area contributed by atoms with Crippen LogP contribution in [0, 0.1) is 17.5 Å². The molecule has 0 radical (unpaired) electrons. The molecule has 2 rings (SSSR count). The van der Waals surface area contributed by atoms with Crippen LogP contribution in [0.3, 0.4) is 0 Å². The van der Waals surface area contributed by atoms with Crippen molar-refractivity contribution in [3.05, 3.63) is 69.4 Å². The van der Waals surface area contributed by atoms with Crippen molar-refractivity contribution in [2.24, 2.45) is 0 Å². The lowest BCUT2D eigenvalue weighted by atomic mass is 10.0. The van der Waals surface area contributed by atoms with Crippen molar-refractivity contribution in [1.82, 2.24) is 0 Å². The molecule has 1 atom stereocenters. The van der Waals surface area contributed by atoms with Gasteiger partial charge in [0.25, 0.3) is 0 Å².